The fraction of sp³-hybridized carbons (Fsp3) is 1.00. The highest BCUT2D eigenvalue weighted by Gasteiger charge is 2.70. The van der Waals surface area contributed by atoms with Gasteiger partial charge in [0, 0.05) is 23.9 Å². The van der Waals surface area contributed by atoms with Crippen molar-refractivity contribution < 1.29 is 18.9 Å². The maximum atomic E-state index is 7.18. The summed E-state index contributed by atoms with van der Waals surface area (Å²) in [6.07, 6.45) is 8.58. The molecule has 27 heavy (non-hydrogen) atoms. The summed E-state index contributed by atoms with van der Waals surface area (Å²) in [4.78, 5) is 0. The average molecular weight is 379 g/mol. The molecule has 0 radical (unpaired) electrons. The van der Waals surface area contributed by atoms with E-state index in [1.165, 1.54) is 32.1 Å². The van der Waals surface area contributed by atoms with Crippen LogP contribution in [0.4, 0.5) is 0 Å². The molecule has 2 aliphatic carbocycles. The van der Waals surface area contributed by atoms with E-state index in [-0.39, 0.29) is 22.0 Å². The molecule has 2 saturated carbocycles. The first-order chi connectivity index (χ1) is 12.7. The minimum Gasteiger partial charge on any atom is -0.378 e. The SMILES string of the molecule is C[C@@H]1CC[C@@H]2[C@]3(C)COC(C)(C)O[C@@H]3CC[C@]2(C)[C@]12CC[C@@]1(CCOC1)O2. The van der Waals surface area contributed by atoms with E-state index in [1.807, 2.05) is 0 Å². The number of rotatable bonds is 0. The first-order valence-electron chi connectivity index (χ1n) is 11.2. The molecule has 0 aromatic carbocycles. The van der Waals surface area contributed by atoms with Gasteiger partial charge in [-0.1, -0.05) is 20.8 Å². The van der Waals surface area contributed by atoms with Gasteiger partial charge in [0.1, 0.15) is 0 Å². The molecular formula is C23H38O4. The summed E-state index contributed by atoms with van der Waals surface area (Å²) >= 11 is 0. The van der Waals surface area contributed by atoms with Gasteiger partial charge in [0.05, 0.1) is 30.5 Å². The molecule has 3 aliphatic heterocycles. The van der Waals surface area contributed by atoms with Crippen molar-refractivity contribution in [2.75, 3.05) is 19.8 Å². The molecule has 0 N–H and O–H groups in total. The lowest BCUT2D eigenvalue weighted by atomic mass is 9.43. The zero-order chi connectivity index (χ0) is 19.1. The van der Waals surface area contributed by atoms with Crippen LogP contribution < -0.4 is 0 Å². The highest BCUT2D eigenvalue weighted by Crippen LogP contribution is 2.69. The first kappa shape index (κ1) is 18.8. The Balaban J connectivity index is 1.51. The zero-order valence-corrected chi connectivity index (χ0v) is 17.9. The van der Waals surface area contributed by atoms with E-state index in [4.69, 9.17) is 18.9 Å². The fourth-order valence-corrected chi connectivity index (χ4v) is 7.86. The molecule has 2 spiro atoms. The summed E-state index contributed by atoms with van der Waals surface area (Å²) in [5.41, 5.74) is 0.250. The molecular weight excluding hydrogens is 340 g/mol. The second-order valence-electron chi connectivity index (χ2n) is 11.3. The predicted molar refractivity (Wildman–Crippen MR) is 103 cm³/mol. The monoisotopic (exact) mass is 378 g/mol. The third-order valence-electron chi connectivity index (χ3n) is 9.45. The molecule has 0 unspecified atom stereocenters. The van der Waals surface area contributed by atoms with Gasteiger partial charge in [-0.05, 0) is 64.2 Å². The molecule has 154 valence electrons. The van der Waals surface area contributed by atoms with Gasteiger partial charge in [0.15, 0.2) is 5.79 Å². The average Bonchev–Trinajstić information content (AvgIpc) is 3.23. The van der Waals surface area contributed by atoms with Gasteiger partial charge in [0.25, 0.3) is 0 Å². The number of fused-ring (bicyclic) bond motifs is 4. The predicted octanol–water partition coefficient (Wildman–Crippen LogP) is 4.70. The van der Waals surface area contributed by atoms with Crippen molar-refractivity contribution in [3.63, 3.8) is 0 Å². The fourth-order valence-electron chi connectivity index (χ4n) is 7.86. The summed E-state index contributed by atoms with van der Waals surface area (Å²) in [5, 5.41) is 0. The molecule has 4 nitrogen and oxygen atoms in total. The Labute approximate surface area is 164 Å². The molecule has 0 aromatic rings. The Kier molecular flexibility index (Phi) is 3.99. The topological polar surface area (TPSA) is 36.9 Å². The van der Waals surface area contributed by atoms with Crippen molar-refractivity contribution in [2.24, 2.45) is 22.7 Å². The van der Waals surface area contributed by atoms with Gasteiger partial charge in [-0.15, -0.1) is 0 Å². The van der Waals surface area contributed by atoms with Crippen LogP contribution in [0.1, 0.15) is 79.6 Å². The molecule has 3 heterocycles. The van der Waals surface area contributed by atoms with Crippen molar-refractivity contribution in [3.8, 4) is 0 Å². The van der Waals surface area contributed by atoms with Crippen LogP contribution in [0.2, 0.25) is 0 Å². The quantitative estimate of drug-likeness (QED) is 0.612. The van der Waals surface area contributed by atoms with E-state index in [2.05, 4.69) is 34.6 Å². The van der Waals surface area contributed by atoms with Crippen LogP contribution in [0.15, 0.2) is 0 Å². The van der Waals surface area contributed by atoms with E-state index in [0.717, 1.165) is 32.7 Å². The molecule has 5 fully saturated rings. The van der Waals surface area contributed by atoms with E-state index in [0.29, 0.717) is 17.9 Å². The third kappa shape index (κ3) is 2.42. The van der Waals surface area contributed by atoms with Crippen LogP contribution in [0.5, 0.6) is 0 Å². The van der Waals surface area contributed by atoms with Gasteiger partial charge in [0.2, 0.25) is 0 Å². The molecule has 4 heteroatoms. The Morgan fingerprint density at radius 3 is 2.41 bits per heavy atom. The van der Waals surface area contributed by atoms with Crippen molar-refractivity contribution in [3.05, 3.63) is 0 Å². The van der Waals surface area contributed by atoms with Gasteiger partial charge in [-0.2, -0.15) is 0 Å². The van der Waals surface area contributed by atoms with Crippen LogP contribution in [0.3, 0.4) is 0 Å². The van der Waals surface area contributed by atoms with Crippen LogP contribution in [-0.4, -0.2) is 42.9 Å². The van der Waals surface area contributed by atoms with Gasteiger partial charge >= 0.3 is 0 Å². The van der Waals surface area contributed by atoms with E-state index in [9.17, 15) is 0 Å². The lowest BCUT2D eigenvalue weighted by Crippen LogP contribution is -2.68. The first-order valence-corrected chi connectivity index (χ1v) is 11.2. The van der Waals surface area contributed by atoms with Crippen molar-refractivity contribution in [2.45, 2.75) is 103 Å². The summed E-state index contributed by atoms with van der Waals surface area (Å²) in [6.45, 7) is 14.0. The molecule has 7 atom stereocenters. The largest absolute Gasteiger partial charge is 0.378 e. The Morgan fingerprint density at radius 1 is 0.852 bits per heavy atom. The van der Waals surface area contributed by atoms with Crippen LogP contribution >= 0.6 is 0 Å². The van der Waals surface area contributed by atoms with Crippen molar-refractivity contribution >= 4 is 0 Å². The lowest BCUT2D eigenvalue weighted by molar-refractivity contribution is -0.358. The smallest absolute Gasteiger partial charge is 0.163 e. The maximum absolute atomic E-state index is 7.18. The summed E-state index contributed by atoms with van der Waals surface area (Å²) in [7, 11) is 0. The maximum Gasteiger partial charge on any atom is 0.163 e. The lowest BCUT2D eigenvalue weighted by Gasteiger charge is -2.67. The number of ether oxygens (including phenoxy) is 4. The van der Waals surface area contributed by atoms with Gasteiger partial charge < -0.3 is 18.9 Å². The van der Waals surface area contributed by atoms with Gasteiger partial charge in [-0.3, -0.25) is 0 Å². The second kappa shape index (κ2) is 5.71. The molecule has 5 rings (SSSR count). The van der Waals surface area contributed by atoms with E-state index >= 15 is 0 Å². The van der Waals surface area contributed by atoms with E-state index < -0.39 is 5.79 Å². The van der Waals surface area contributed by atoms with Crippen LogP contribution in [-0.2, 0) is 18.9 Å². The molecule has 5 aliphatic rings. The van der Waals surface area contributed by atoms with Gasteiger partial charge in [-0.25, -0.2) is 0 Å². The summed E-state index contributed by atoms with van der Waals surface area (Å²) < 4.78 is 25.6. The minimum absolute atomic E-state index is 0.00936. The summed E-state index contributed by atoms with van der Waals surface area (Å²) in [6, 6.07) is 0. The highest BCUT2D eigenvalue weighted by molar-refractivity contribution is 5.18. The number of hydrogen-bond acceptors (Lipinski definition) is 4. The Bertz CT molecular complexity index is 611. The molecule has 0 bridgehead atoms. The second-order valence-corrected chi connectivity index (χ2v) is 11.3. The highest BCUT2D eigenvalue weighted by atomic mass is 16.7. The van der Waals surface area contributed by atoms with Crippen molar-refractivity contribution in [1.82, 2.24) is 0 Å². The van der Waals surface area contributed by atoms with Crippen LogP contribution in [0.25, 0.3) is 0 Å². The summed E-state index contributed by atoms with van der Waals surface area (Å²) in [5.74, 6) is 0.751. The minimum atomic E-state index is -0.452. The van der Waals surface area contributed by atoms with E-state index in [1.54, 1.807) is 0 Å². The Morgan fingerprint density at radius 2 is 1.67 bits per heavy atom. The van der Waals surface area contributed by atoms with Crippen molar-refractivity contribution in [1.29, 1.82) is 0 Å². The Hall–Kier alpha value is -0.160. The molecule has 0 aromatic heterocycles. The third-order valence-corrected chi connectivity index (χ3v) is 9.45. The normalized spacial score (nSPS) is 57.0. The number of hydrogen-bond donors (Lipinski definition) is 0. The standard InChI is InChI=1S/C23H38O4/c1-16-6-7-17-20(4)14-25-19(2,3)26-18(20)8-9-21(17,5)23(16)11-10-22(27-23)12-13-24-15-22/h16-18H,6-15H2,1-5H3/t16-,17-,18-,20+,21+,22+,23+/m1/s1. The molecule has 3 saturated heterocycles. The molecule has 0 amide bonds. The zero-order valence-electron chi connectivity index (χ0n) is 17.9. The van der Waals surface area contributed by atoms with Crippen LogP contribution in [0, 0.1) is 22.7 Å².